The molecule has 3 unspecified atom stereocenters. The molecule has 0 radical (unpaired) electrons. The molecule has 2 rings (SSSR count). The minimum atomic E-state index is 0.165. The monoisotopic (exact) mass is 186 g/mol. The van der Waals surface area contributed by atoms with Gasteiger partial charge in [0.2, 0.25) is 0 Å². The SMILES string of the molecule is N#CC1CNC2C=CC=CC=CC2C1. The van der Waals surface area contributed by atoms with E-state index < -0.39 is 0 Å². The molecule has 0 aromatic heterocycles. The molecule has 0 saturated carbocycles. The van der Waals surface area contributed by atoms with Crippen LogP contribution in [0.2, 0.25) is 0 Å². The van der Waals surface area contributed by atoms with Gasteiger partial charge in [0.1, 0.15) is 0 Å². The minimum absolute atomic E-state index is 0.165. The third-order valence-electron chi connectivity index (χ3n) is 2.81. The number of piperidine rings is 1. The first-order valence-electron chi connectivity index (χ1n) is 5.05. The first-order valence-corrected chi connectivity index (χ1v) is 5.05. The largest absolute Gasteiger partial charge is 0.309 e. The van der Waals surface area contributed by atoms with Gasteiger partial charge in [-0.2, -0.15) is 5.26 Å². The highest BCUT2D eigenvalue weighted by Gasteiger charge is 2.26. The zero-order valence-electron chi connectivity index (χ0n) is 8.06. The van der Waals surface area contributed by atoms with Crippen LogP contribution in [0.1, 0.15) is 6.42 Å². The molecule has 1 N–H and O–H groups in total. The van der Waals surface area contributed by atoms with Crippen molar-refractivity contribution in [2.75, 3.05) is 6.54 Å². The summed E-state index contributed by atoms with van der Waals surface area (Å²) in [6.07, 6.45) is 13.6. The summed E-state index contributed by atoms with van der Waals surface area (Å²) < 4.78 is 0. The lowest BCUT2D eigenvalue weighted by atomic mass is 9.84. The fraction of sp³-hybridized carbons (Fsp3) is 0.417. The quantitative estimate of drug-likeness (QED) is 0.626. The normalized spacial score (nSPS) is 35.5. The number of hydrogen-bond donors (Lipinski definition) is 1. The average molecular weight is 186 g/mol. The van der Waals surface area contributed by atoms with Gasteiger partial charge in [-0.25, -0.2) is 0 Å². The molecule has 1 aliphatic heterocycles. The molecule has 0 spiro atoms. The van der Waals surface area contributed by atoms with Gasteiger partial charge in [-0.15, -0.1) is 0 Å². The topological polar surface area (TPSA) is 35.8 Å². The van der Waals surface area contributed by atoms with Gasteiger partial charge < -0.3 is 5.32 Å². The molecule has 2 heteroatoms. The van der Waals surface area contributed by atoms with Gasteiger partial charge in [-0.1, -0.05) is 36.5 Å². The van der Waals surface area contributed by atoms with Crippen molar-refractivity contribution in [3.63, 3.8) is 0 Å². The van der Waals surface area contributed by atoms with E-state index in [1.165, 1.54) is 0 Å². The van der Waals surface area contributed by atoms with Gasteiger partial charge in [-0.05, 0) is 12.3 Å². The van der Waals surface area contributed by atoms with Gasteiger partial charge in [0.05, 0.1) is 12.0 Å². The Kier molecular flexibility index (Phi) is 2.81. The molecule has 14 heavy (non-hydrogen) atoms. The number of nitriles is 1. The second kappa shape index (κ2) is 4.26. The van der Waals surface area contributed by atoms with E-state index in [2.05, 4.69) is 35.7 Å². The maximum absolute atomic E-state index is 8.86. The molecule has 3 atom stereocenters. The molecule has 1 fully saturated rings. The standard InChI is InChI=1S/C12H14N2/c13-8-10-7-11-5-3-1-2-4-6-12(11)14-9-10/h1-6,10-12,14H,7,9H2. The summed E-state index contributed by atoms with van der Waals surface area (Å²) in [6, 6.07) is 2.74. The van der Waals surface area contributed by atoms with Crippen LogP contribution in [0.15, 0.2) is 36.5 Å². The Morgan fingerprint density at radius 2 is 1.93 bits per heavy atom. The van der Waals surface area contributed by atoms with Crippen molar-refractivity contribution in [2.45, 2.75) is 12.5 Å². The Hall–Kier alpha value is -1.33. The lowest BCUT2D eigenvalue weighted by Crippen LogP contribution is -2.43. The fourth-order valence-corrected chi connectivity index (χ4v) is 2.01. The van der Waals surface area contributed by atoms with E-state index in [0.29, 0.717) is 12.0 Å². The van der Waals surface area contributed by atoms with Crippen LogP contribution >= 0.6 is 0 Å². The van der Waals surface area contributed by atoms with Crippen molar-refractivity contribution in [1.82, 2.24) is 5.32 Å². The summed E-state index contributed by atoms with van der Waals surface area (Å²) in [7, 11) is 0. The highest BCUT2D eigenvalue weighted by molar-refractivity contribution is 5.20. The van der Waals surface area contributed by atoms with Gasteiger partial charge in [-0.3, -0.25) is 0 Å². The fourth-order valence-electron chi connectivity index (χ4n) is 2.01. The summed E-state index contributed by atoms with van der Waals surface area (Å²) >= 11 is 0. The van der Waals surface area contributed by atoms with Crippen molar-refractivity contribution in [3.05, 3.63) is 36.5 Å². The van der Waals surface area contributed by atoms with E-state index in [9.17, 15) is 0 Å². The number of nitrogens with zero attached hydrogens (tertiary/aromatic N) is 1. The maximum Gasteiger partial charge on any atom is 0.0669 e. The Bertz CT molecular complexity index is 320. The van der Waals surface area contributed by atoms with Gasteiger partial charge in [0.15, 0.2) is 0 Å². The molecule has 0 amide bonds. The van der Waals surface area contributed by atoms with E-state index in [1.807, 2.05) is 12.2 Å². The van der Waals surface area contributed by atoms with Crippen LogP contribution in [-0.4, -0.2) is 12.6 Å². The number of nitrogens with one attached hydrogen (secondary N) is 1. The Morgan fingerprint density at radius 1 is 1.14 bits per heavy atom. The number of fused-ring (bicyclic) bond motifs is 1. The molecule has 0 aromatic rings. The van der Waals surface area contributed by atoms with Gasteiger partial charge >= 0.3 is 0 Å². The molecule has 2 aliphatic rings. The maximum atomic E-state index is 8.86. The van der Waals surface area contributed by atoms with Crippen LogP contribution in [0.4, 0.5) is 0 Å². The van der Waals surface area contributed by atoms with Crippen LogP contribution in [0, 0.1) is 23.2 Å². The lowest BCUT2D eigenvalue weighted by molar-refractivity contribution is 0.327. The third-order valence-corrected chi connectivity index (χ3v) is 2.81. The molecule has 72 valence electrons. The molecular formula is C12H14N2. The predicted octanol–water partition coefficient (Wildman–Crippen LogP) is 1.79. The smallest absolute Gasteiger partial charge is 0.0669 e. The second-order valence-corrected chi connectivity index (χ2v) is 3.81. The van der Waals surface area contributed by atoms with E-state index in [4.69, 9.17) is 5.26 Å². The number of allylic oxidation sites excluding steroid dienone is 4. The van der Waals surface area contributed by atoms with Crippen LogP contribution in [0.3, 0.4) is 0 Å². The van der Waals surface area contributed by atoms with Crippen molar-refractivity contribution >= 4 is 0 Å². The van der Waals surface area contributed by atoms with E-state index in [-0.39, 0.29) is 5.92 Å². The molecule has 2 nitrogen and oxygen atoms in total. The van der Waals surface area contributed by atoms with Crippen LogP contribution in [0.5, 0.6) is 0 Å². The molecule has 1 saturated heterocycles. The van der Waals surface area contributed by atoms with Crippen LogP contribution in [-0.2, 0) is 0 Å². The lowest BCUT2D eigenvalue weighted by Gasteiger charge is -2.31. The average Bonchev–Trinajstić information content (AvgIpc) is 2.18. The summed E-state index contributed by atoms with van der Waals surface area (Å²) in [5.41, 5.74) is 0. The zero-order valence-corrected chi connectivity index (χ0v) is 8.06. The summed E-state index contributed by atoms with van der Waals surface area (Å²) in [5, 5.41) is 12.3. The van der Waals surface area contributed by atoms with E-state index in [0.717, 1.165) is 13.0 Å². The predicted molar refractivity (Wildman–Crippen MR) is 56.4 cm³/mol. The van der Waals surface area contributed by atoms with Crippen molar-refractivity contribution in [1.29, 1.82) is 5.26 Å². The zero-order chi connectivity index (χ0) is 9.80. The summed E-state index contributed by atoms with van der Waals surface area (Å²) in [5.74, 6) is 0.632. The highest BCUT2D eigenvalue weighted by Crippen LogP contribution is 2.23. The molecule has 0 bridgehead atoms. The van der Waals surface area contributed by atoms with Crippen molar-refractivity contribution in [2.24, 2.45) is 11.8 Å². The van der Waals surface area contributed by atoms with Crippen molar-refractivity contribution in [3.8, 4) is 6.07 Å². The third kappa shape index (κ3) is 1.94. The van der Waals surface area contributed by atoms with Crippen LogP contribution in [0.25, 0.3) is 0 Å². The second-order valence-electron chi connectivity index (χ2n) is 3.81. The molecular weight excluding hydrogens is 172 g/mol. The molecule has 0 aromatic carbocycles. The minimum Gasteiger partial charge on any atom is -0.309 e. The Labute approximate surface area is 84.6 Å². The highest BCUT2D eigenvalue weighted by atomic mass is 14.9. The summed E-state index contributed by atoms with van der Waals surface area (Å²) in [6.45, 7) is 0.819. The Balaban J connectivity index is 2.13. The first-order chi connectivity index (χ1) is 6.90. The van der Waals surface area contributed by atoms with E-state index >= 15 is 0 Å². The number of rotatable bonds is 0. The van der Waals surface area contributed by atoms with Crippen LogP contribution < -0.4 is 5.32 Å². The summed E-state index contributed by atoms with van der Waals surface area (Å²) in [4.78, 5) is 0. The van der Waals surface area contributed by atoms with Gasteiger partial charge in [0.25, 0.3) is 0 Å². The van der Waals surface area contributed by atoms with E-state index in [1.54, 1.807) is 0 Å². The van der Waals surface area contributed by atoms with Crippen molar-refractivity contribution < 1.29 is 0 Å². The molecule has 1 aliphatic carbocycles. The first kappa shape index (κ1) is 9.23. The van der Waals surface area contributed by atoms with Gasteiger partial charge in [0, 0.05) is 12.6 Å². The Morgan fingerprint density at radius 3 is 2.71 bits per heavy atom. The molecule has 1 heterocycles. The number of hydrogen-bond acceptors (Lipinski definition) is 2.